The number of Topliss-reactive ketones (excluding diaryl/α,β-unsaturated/α-hetero) is 2. The number of hydrogen-bond acceptors (Lipinski definition) is 10. The van der Waals surface area contributed by atoms with Gasteiger partial charge in [0.25, 0.3) is 0 Å². The maximum atomic E-state index is 13.6. The topological polar surface area (TPSA) is 196 Å². The van der Waals surface area contributed by atoms with Crippen LogP contribution in [-0.4, -0.2) is 73.7 Å². The van der Waals surface area contributed by atoms with E-state index in [1.165, 1.54) is 29.1 Å². The highest BCUT2D eigenvalue weighted by atomic mass is 19.4. The molecule has 0 aliphatic heterocycles. The summed E-state index contributed by atoms with van der Waals surface area (Å²) in [6.07, 6.45) is 13.7. The normalized spacial score (nSPS) is 13.3. The number of aromatic carboxylic acids is 2. The smallest absolute Gasteiger partial charge is 0.417 e. The third kappa shape index (κ3) is 9.75. The fourth-order valence-electron chi connectivity index (χ4n) is 6.34. The van der Waals surface area contributed by atoms with Crippen LogP contribution in [-0.2, 0) is 6.18 Å². The van der Waals surface area contributed by atoms with Crippen LogP contribution in [0, 0.1) is 43.4 Å². The van der Waals surface area contributed by atoms with Crippen molar-refractivity contribution in [2.75, 3.05) is 0 Å². The van der Waals surface area contributed by atoms with Gasteiger partial charge in [-0.2, -0.15) is 13.2 Å². The van der Waals surface area contributed by atoms with Crippen LogP contribution in [0.1, 0.15) is 102 Å². The van der Waals surface area contributed by atoms with Gasteiger partial charge in [0.15, 0.2) is 11.6 Å². The summed E-state index contributed by atoms with van der Waals surface area (Å²) in [5.74, 6) is 2.88. The largest absolute Gasteiger partial charge is 0.478 e. The van der Waals surface area contributed by atoms with Gasteiger partial charge in [-0.05, 0) is 111 Å². The molecule has 2 fully saturated rings. The minimum atomic E-state index is -4.92. The molecule has 306 valence electrons. The van der Waals surface area contributed by atoms with Gasteiger partial charge in [-0.1, -0.05) is 22.3 Å². The summed E-state index contributed by atoms with van der Waals surface area (Å²) in [6, 6.07) is 13.7. The molecule has 61 heavy (non-hydrogen) atoms. The first-order valence-electron chi connectivity index (χ1n) is 18.8. The van der Waals surface area contributed by atoms with Crippen LogP contribution in [0.2, 0.25) is 0 Å². The fraction of sp³-hybridized carbons (Fsp3) is 0.227. The Morgan fingerprint density at radius 2 is 1.13 bits per heavy atom. The van der Waals surface area contributed by atoms with Crippen molar-refractivity contribution in [3.8, 4) is 58.8 Å². The van der Waals surface area contributed by atoms with Crippen LogP contribution >= 0.6 is 0 Å². The standard InChI is InChI=1S/C30H22F3N7O5.C14H11NO/c1-15-8-18(4-6-20(15)28(42)43)39-13-25(35-37-39)23-10-17(27(41)9-16-2-3-16)11-24(34-23)26-14-40(38-36-26)19-5-7-21(29(44)45)22(12-19)30(31,32)33;1-3-12-8-11(9-13(4-2)15-12)14(16)7-10-5-6-10/h4-8,10-14,16H,2-3,9H2,1H3,(H,42,43)(H,44,45);1-2,8-10H,5-7H2. The Labute approximate surface area is 345 Å². The Morgan fingerprint density at radius 1 is 0.672 bits per heavy atom. The fourth-order valence-corrected chi connectivity index (χ4v) is 6.34. The number of carboxylic acid groups (broad SMARTS) is 2. The van der Waals surface area contributed by atoms with Gasteiger partial charge in [0, 0.05) is 24.0 Å². The summed E-state index contributed by atoms with van der Waals surface area (Å²) < 4.78 is 43.2. The molecular weight excluding hydrogens is 794 g/mol. The first-order valence-corrected chi connectivity index (χ1v) is 18.8. The van der Waals surface area contributed by atoms with Crippen LogP contribution in [0.5, 0.6) is 0 Å². The number of nitrogens with zero attached hydrogens (tertiary/aromatic N) is 8. The number of aromatic nitrogens is 8. The molecule has 17 heteroatoms. The second-order valence-electron chi connectivity index (χ2n) is 14.6. The highest BCUT2D eigenvalue weighted by Gasteiger charge is 2.36. The number of rotatable bonds is 12. The third-order valence-corrected chi connectivity index (χ3v) is 9.95. The number of carbonyl (C=O) groups is 4. The van der Waals surface area contributed by atoms with Gasteiger partial charge in [-0.25, -0.2) is 28.9 Å². The monoisotopic (exact) mass is 826 g/mol. The first kappa shape index (κ1) is 41.4. The number of halogens is 3. The molecule has 0 spiro atoms. The van der Waals surface area contributed by atoms with Gasteiger partial charge in [0.2, 0.25) is 0 Å². The molecule has 2 N–H and O–H groups in total. The SMILES string of the molecule is C#Cc1cc(C(=O)CC2CC2)cc(C#C)n1.Cc1cc(-n2cc(-c3cc(C(=O)CC4CC4)cc(-c4cn(-c5ccc(C(=O)O)c(C(F)(F)F)c5)nn4)n3)nn2)ccc1C(=O)O. The molecule has 2 aliphatic rings. The number of pyridine rings is 2. The average molecular weight is 827 g/mol. The second kappa shape index (κ2) is 16.8. The summed E-state index contributed by atoms with van der Waals surface area (Å²) in [4.78, 5) is 56.4. The van der Waals surface area contributed by atoms with Crippen molar-refractivity contribution in [2.45, 2.75) is 51.6 Å². The van der Waals surface area contributed by atoms with E-state index in [1.807, 2.05) is 0 Å². The number of benzene rings is 2. The summed E-state index contributed by atoms with van der Waals surface area (Å²) in [5.41, 5.74) is 1.57. The van der Waals surface area contributed by atoms with Gasteiger partial charge in [0.05, 0.1) is 51.8 Å². The minimum Gasteiger partial charge on any atom is -0.478 e. The molecule has 2 aromatic carbocycles. The predicted octanol–water partition coefficient (Wildman–Crippen LogP) is 7.31. The van der Waals surface area contributed by atoms with E-state index in [9.17, 15) is 42.6 Å². The minimum absolute atomic E-state index is 0.0839. The van der Waals surface area contributed by atoms with Crippen LogP contribution in [0.4, 0.5) is 13.2 Å². The number of carbonyl (C=O) groups excluding carboxylic acids is 2. The quantitative estimate of drug-likeness (QED) is 0.0924. The molecule has 0 amide bonds. The molecule has 0 bridgehead atoms. The van der Waals surface area contributed by atoms with Crippen molar-refractivity contribution in [3.05, 3.63) is 118 Å². The van der Waals surface area contributed by atoms with E-state index in [2.05, 4.69) is 42.4 Å². The van der Waals surface area contributed by atoms with E-state index in [0.717, 1.165) is 36.4 Å². The van der Waals surface area contributed by atoms with E-state index in [0.29, 0.717) is 70.2 Å². The molecule has 4 heterocycles. The number of hydrogen-bond donors (Lipinski definition) is 2. The lowest BCUT2D eigenvalue weighted by Gasteiger charge is -2.11. The van der Waals surface area contributed by atoms with Crippen LogP contribution in [0.15, 0.2) is 73.1 Å². The van der Waals surface area contributed by atoms with E-state index in [4.69, 9.17) is 12.8 Å². The van der Waals surface area contributed by atoms with Crippen molar-refractivity contribution >= 4 is 23.5 Å². The highest BCUT2D eigenvalue weighted by Crippen LogP contribution is 2.36. The predicted molar refractivity (Wildman–Crippen MR) is 212 cm³/mol. The van der Waals surface area contributed by atoms with Crippen LogP contribution in [0.3, 0.4) is 0 Å². The molecule has 4 aromatic heterocycles. The molecule has 0 saturated heterocycles. The van der Waals surface area contributed by atoms with Gasteiger partial charge in [0.1, 0.15) is 22.8 Å². The van der Waals surface area contributed by atoms with Gasteiger partial charge < -0.3 is 10.2 Å². The van der Waals surface area contributed by atoms with Gasteiger partial charge in [-0.3, -0.25) is 9.59 Å². The maximum Gasteiger partial charge on any atom is 0.417 e. The van der Waals surface area contributed by atoms with E-state index < -0.39 is 29.2 Å². The van der Waals surface area contributed by atoms with Gasteiger partial charge >= 0.3 is 18.1 Å². The number of aryl methyl sites for hydroxylation is 1. The Hall–Kier alpha value is -7.79. The average Bonchev–Trinajstić information content (AvgIpc) is 4.13. The molecule has 6 aromatic rings. The lowest BCUT2D eigenvalue weighted by molar-refractivity contribution is -0.138. The lowest BCUT2D eigenvalue weighted by Crippen LogP contribution is -2.14. The Bertz CT molecular complexity index is 2790. The van der Waals surface area contributed by atoms with Crippen LogP contribution in [0.25, 0.3) is 34.2 Å². The Kier molecular flexibility index (Phi) is 11.4. The zero-order chi connectivity index (χ0) is 43.6. The molecule has 0 atom stereocenters. The number of terminal acetylenes is 2. The summed E-state index contributed by atoms with van der Waals surface area (Å²) in [7, 11) is 0. The zero-order valence-electron chi connectivity index (χ0n) is 32.2. The lowest BCUT2D eigenvalue weighted by atomic mass is 10.0. The van der Waals surface area contributed by atoms with Crippen molar-refractivity contribution in [1.29, 1.82) is 0 Å². The third-order valence-electron chi connectivity index (χ3n) is 9.95. The molecule has 14 nitrogen and oxygen atoms in total. The number of ketones is 2. The molecule has 0 unspecified atom stereocenters. The maximum absolute atomic E-state index is 13.6. The second-order valence-corrected chi connectivity index (χ2v) is 14.6. The van der Waals surface area contributed by atoms with Crippen molar-refractivity contribution in [3.63, 3.8) is 0 Å². The molecule has 8 rings (SSSR count). The summed E-state index contributed by atoms with van der Waals surface area (Å²) in [6.45, 7) is 1.66. The molecule has 2 saturated carbocycles. The first-order chi connectivity index (χ1) is 29.1. The Morgan fingerprint density at radius 3 is 1.56 bits per heavy atom. The Balaban J connectivity index is 0.000000293. The highest BCUT2D eigenvalue weighted by molar-refractivity contribution is 5.98. The number of carboxylic acids is 2. The van der Waals surface area contributed by atoms with E-state index in [-0.39, 0.29) is 39.9 Å². The molecule has 2 aliphatic carbocycles. The van der Waals surface area contributed by atoms with Crippen LogP contribution < -0.4 is 0 Å². The summed E-state index contributed by atoms with van der Waals surface area (Å²) >= 11 is 0. The summed E-state index contributed by atoms with van der Waals surface area (Å²) in [5, 5.41) is 34.8. The molecular formula is C44H33F3N8O6. The zero-order valence-corrected chi connectivity index (χ0v) is 32.2. The van der Waals surface area contributed by atoms with E-state index >= 15 is 0 Å². The van der Waals surface area contributed by atoms with E-state index in [1.54, 1.807) is 43.5 Å². The van der Waals surface area contributed by atoms with Crippen molar-refractivity contribution in [2.24, 2.45) is 11.8 Å². The van der Waals surface area contributed by atoms with Crippen molar-refractivity contribution in [1.82, 2.24) is 40.0 Å². The molecule has 0 radical (unpaired) electrons. The van der Waals surface area contributed by atoms with Gasteiger partial charge in [-0.15, -0.1) is 23.0 Å². The number of alkyl halides is 3. The van der Waals surface area contributed by atoms with Crippen molar-refractivity contribution < 1.29 is 42.6 Å².